The monoisotopic (exact) mass is 1160 g/mol. The summed E-state index contributed by atoms with van der Waals surface area (Å²) >= 11 is 0. The summed E-state index contributed by atoms with van der Waals surface area (Å²) in [5.41, 5.74) is -2.49. The zero-order valence-electron chi connectivity index (χ0n) is 41.6. The topological polar surface area (TPSA) is 408 Å². The lowest BCUT2D eigenvalue weighted by atomic mass is 9.72. The molecule has 2 aliphatic rings. The van der Waals surface area contributed by atoms with Crippen LogP contribution in [-0.4, -0.2) is 144 Å². The number of ether oxygens (including phenoxy) is 10. The molecule has 6 unspecified atom stereocenters. The van der Waals surface area contributed by atoms with Crippen LogP contribution in [0.4, 0.5) is 0 Å². The Bertz CT molecular complexity index is 2050. The average Bonchev–Trinajstić information content (AvgIpc) is 3.53. The Morgan fingerprint density at radius 3 is 0.892 bits per heavy atom. The fourth-order valence-electron chi connectivity index (χ4n) is 5.92. The minimum Gasteiger partial charge on any atom is -0.438 e. The van der Waals surface area contributed by atoms with Gasteiger partial charge in [-0.25, -0.2) is 54.5 Å². The van der Waals surface area contributed by atoms with Crippen LogP contribution >= 0.6 is 31.3 Å². The van der Waals surface area contributed by atoms with Gasteiger partial charge in [-0.05, 0) is 20.3 Å². The maximum atomic E-state index is 15.0. The summed E-state index contributed by atoms with van der Waals surface area (Å²) in [6, 6.07) is 0. The molecule has 0 amide bonds. The van der Waals surface area contributed by atoms with Crippen LogP contribution in [0.25, 0.3) is 0 Å². The van der Waals surface area contributed by atoms with E-state index in [1.807, 2.05) is 0 Å². The van der Waals surface area contributed by atoms with E-state index in [1.54, 1.807) is 0 Å². The van der Waals surface area contributed by atoms with E-state index in [1.165, 1.54) is 20.8 Å². The fraction of sp³-hybridized carbons (Fsp3) is 0.778. The zero-order chi connectivity index (χ0) is 56.1. The second-order valence-electron chi connectivity index (χ2n) is 14.8. The first-order valence-electron chi connectivity index (χ1n) is 21.1. The van der Waals surface area contributed by atoms with Gasteiger partial charge in [0.2, 0.25) is 54.3 Å². The summed E-state index contributed by atoms with van der Waals surface area (Å²) < 4.78 is 177. The first-order chi connectivity index (χ1) is 34.3. The van der Waals surface area contributed by atoms with Crippen LogP contribution in [0.5, 0.6) is 0 Å². The predicted octanol–water partition coefficient (Wildman–Crippen LogP) is 3.96. The van der Waals surface area contributed by atoms with Gasteiger partial charge in [-0.1, -0.05) is 13.3 Å². The molecule has 0 radical (unpaired) electrons. The molecule has 0 aromatic rings. The molecule has 0 aromatic heterocycles. The highest BCUT2D eigenvalue weighted by Gasteiger charge is 2.72. The number of carbonyl (C=O) groups excluding carboxylic acids is 8. The quantitative estimate of drug-likeness (QED) is 0.0381. The van der Waals surface area contributed by atoms with Gasteiger partial charge in [0.25, 0.3) is 0 Å². The van der Waals surface area contributed by atoms with E-state index in [2.05, 4.69) is 0 Å². The molecule has 1 aliphatic carbocycles. The second kappa shape index (κ2) is 30.2. The number of phosphoric acid groups is 4. The number of esters is 8. The molecule has 0 bridgehead atoms. The highest BCUT2D eigenvalue weighted by atomic mass is 31.2. The van der Waals surface area contributed by atoms with E-state index in [-0.39, 0.29) is 6.42 Å². The first kappa shape index (κ1) is 66.2. The van der Waals surface area contributed by atoms with Crippen LogP contribution in [0.3, 0.4) is 0 Å². The molecule has 1 saturated carbocycles. The third-order valence-electron chi connectivity index (χ3n) is 8.47. The van der Waals surface area contributed by atoms with Crippen LogP contribution in [0.15, 0.2) is 0 Å². The lowest BCUT2D eigenvalue weighted by Gasteiger charge is -2.52. The molecule has 426 valence electrons. The largest absolute Gasteiger partial charge is 0.481 e. The van der Waals surface area contributed by atoms with Crippen LogP contribution in [-0.2, 0) is 158 Å². The summed E-state index contributed by atoms with van der Waals surface area (Å²) in [6.45, 7) is 0.904. The van der Waals surface area contributed by atoms with E-state index >= 15 is 0 Å². The summed E-state index contributed by atoms with van der Waals surface area (Å²) in [5.74, 6) is -10.3. The van der Waals surface area contributed by atoms with Crippen molar-refractivity contribution in [2.75, 3.05) is 54.3 Å². The standard InChI is InChI=1S/C36H58O34P4/c1-12-13-36-33(65-35(10,11)70-36)31(67-72(46,59-16-51-24(4)39)60-17-52-25(5)40)30(66-71(45,57-14-49-22(2)37)58-15-50-23(3)38)32(68-73(47,61-18-53-26(6)41)62-19-54-27(7)42)34(36)69-74(48,63-20-55-28(8)43)64-21-56-29(9)44/h30-34H,12-21H2,1-11H3. The Kier molecular flexibility index (Phi) is 27.0. The van der Waals surface area contributed by atoms with Crippen LogP contribution < -0.4 is 0 Å². The molecular formula is C36H58O34P4. The lowest BCUT2D eigenvalue weighted by molar-refractivity contribution is -0.233. The van der Waals surface area contributed by atoms with E-state index in [0.717, 1.165) is 55.4 Å². The third kappa shape index (κ3) is 23.2. The maximum Gasteiger partial charge on any atom is 0.481 e. The molecule has 2 rings (SSSR count). The molecule has 0 N–H and O–H groups in total. The summed E-state index contributed by atoms with van der Waals surface area (Å²) in [4.78, 5) is 94.8. The maximum absolute atomic E-state index is 15.0. The molecule has 1 aliphatic heterocycles. The van der Waals surface area contributed by atoms with Crippen LogP contribution in [0.2, 0.25) is 0 Å². The number of fused-ring (bicyclic) bond motifs is 1. The van der Waals surface area contributed by atoms with Gasteiger partial charge >= 0.3 is 79.0 Å². The van der Waals surface area contributed by atoms with Crippen molar-refractivity contribution in [1.29, 1.82) is 0 Å². The SMILES string of the molecule is CCCC12OC(C)(C)OC1C(OP(=O)(OCOC(C)=O)OCOC(C)=O)C(OP(=O)(OCOC(C)=O)OCOC(C)=O)C(OP(=O)(OCOC(C)=O)OCOC(C)=O)C2OP(=O)(OCOC(C)=O)OCOC(C)=O. The second-order valence-corrected chi connectivity index (χ2v) is 21.3. The van der Waals surface area contributed by atoms with Gasteiger partial charge in [0.05, 0.1) is 0 Å². The molecule has 2 fully saturated rings. The molecule has 0 spiro atoms. The van der Waals surface area contributed by atoms with E-state index in [0.29, 0.717) is 0 Å². The Morgan fingerprint density at radius 2 is 0.635 bits per heavy atom. The van der Waals surface area contributed by atoms with Gasteiger partial charge in [-0.2, -0.15) is 0 Å². The highest BCUT2D eigenvalue weighted by Crippen LogP contribution is 2.65. The molecule has 74 heavy (non-hydrogen) atoms. The van der Waals surface area contributed by atoms with Crippen molar-refractivity contribution in [3.63, 3.8) is 0 Å². The first-order valence-corrected chi connectivity index (χ1v) is 26.9. The summed E-state index contributed by atoms with van der Waals surface area (Å²) in [6.07, 6.45) is -13.1. The van der Waals surface area contributed by atoms with Crippen molar-refractivity contribution in [2.45, 2.75) is 131 Å². The Balaban J connectivity index is 3.35. The van der Waals surface area contributed by atoms with Gasteiger partial charge in [0.1, 0.15) is 36.1 Å². The van der Waals surface area contributed by atoms with Gasteiger partial charge in [-0.15, -0.1) is 0 Å². The van der Waals surface area contributed by atoms with E-state index < -0.39 is 182 Å². The average molecular weight is 1160 g/mol. The minimum atomic E-state index is -5.73. The summed E-state index contributed by atoms with van der Waals surface area (Å²) in [7, 11) is -22.6. The van der Waals surface area contributed by atoms with Crippen molar-refractivity contribution >= 4 is 79.0 Å². The van der Waals surface area contributed by atoms with Gasteiger partial charge < -0.3 is 47.4 Å². The van der Waals surface area contributed by atoms with Crippen LogP contribution in [0.1, 0.15) is 89.0 Å². The zero-order valence-corrected chi connectivity index (χ0v) is 45.2. The number of rotatable bonds is 34. The number of carbonyl (C=O) groups is 8. The normalized spacial score (nSPS) is 21.6. The highest BCUT2D eigenvalue weighted by molar-refractivity contribution is 7.49. The van der Waals surface area contributed by atoms with E-state index in [9.17, 15) is 56.6 Å². The molecular weight excluding hydrogens is 1100 g/mol. The molecule has 1 heterocycles. The molecule has 0 aromatic carbocycles. The number of phosphoric ester groups is 4. The Hall–Kier alpha value is -3.88. The molecule has 34 nitrogen and oxygen atoms in total. The molecule has 1 saturated heterocycles. The van der Waals surface area contributed by atoms with Crippen molar-refractivity contribution in [2.24, 2.45) is 0 Å². The van der Waals surface area contributed by atoms with Gasteiger partial charge in [0.15, 0.2) is 5.79 Å². The molecule has 38 heteroatoms. The number of hydrogen-bond acceptors (Lipinski definition) is 34. The number of hydrogen-bond donors (Lipinski definition) is 0. The van der Waals surface area contributed by atoms with Crippen molar-refractivity contribution in [1.82, 2.24) is 0 Å². The third-order valence-corrected chi connectivity index (χ3v) is 13.8. The Morgan fingerprint density at radius 1 is 0.392 bits per heavy atom. The van der Waals surface area contributed by atoms with Crippen molar-refractivity contribution in [3.05, 3.63) is 0 Å². The lowest BCUT2D eigenvalue weighted by Crippen LogP contribution is -2.71. The van der Waals surface area contributed by atoms with Gasteiger partial charge in [-0.3, -0.25) is 56.5 Å². The van der Waals surface area contributed by atoms with Gasteiger partial charge in [0, 0.05) is 55.4 Å². The minimum absolute atomic E-state index is 0.0731. The Labute approximate surface area is 421 Å². The predicted molar refractivity (Wildman–Crippen MR) is 229 cm³/mol. The van der Waals surface area contributed by atoms with Crippen LogP contribution in [0, 0.1) is 0 Å². The smallest absolute Gasteiger partial charge is 0.438 e. The van der Waals surface area contributed by atoms with Crippen molar-refractivity contribution in [3.8, 4) is 0 Å². The fourth-order valence-corrected chi connectivity index (χ4v) is 10.3. The van der Waals surface area contributed by atoms with E-state index in [4.69, 9.17) is 102 Å². The van der Waals surface area contributed by atoms with Crippen molar-refractivity contribution < 1.29 is 158 Å². The molecule has 6 atom stereocenters. The summed E-state index contributed by atoms with van der Waals surface area (Å²) in [5, 5.41) is 0.